The highest BCUT2D eigenvalue weighted by Crippen LogP contribution is 2.16. The molecule has 106 valence electrons. The average molecular weight is 262 g/mol. The van der Waals surface area contributed by atoms with Crippen molar-refractivity contribution in [3.63, 3.8) is 0 Å². The standard InChI is InChI=1S/C16H26N2O/c1-3-11-19-16-8-6-14(7-9-16)13-18(2)15-5-4-10-17-12-15/h6-9,15,17H,3-5,10-13H2,1-2H3. The lowest BCUT2D eigenvalue weighted by Gasteiger charge is -2.31. The van der Waals surface area contributed by atoms with Crippen LogP contribution in [0.15, 0.2) is 24.3 Å². The lowest BCUT2D eigenvalue weighted by Crippen LogP contribution is -2.43. The first kappa shape index (κ1) is 14.4. The first-order valence-corrected chi connectivity index (χ1v) is 7.42. The second kappa shape index (κ2) is 7.51. The molecular weight excluding hydrogens is 236 g/mol. The molecule has 19 heavy (non-hydrogen) atoms. The fourth-order valence-electron chi connectivity index (χ4n) is 2.54. The number of piperidine rings is 1. The maximum Gasteiger partial charge on any atom is 0.119 e. The van der Waals surface area contributed by atoms with Crippen LogP contribution in [0.25, 0.3) is 0 Å². The van der Waals surface area contributed by atoms with E-state index in [-0.39, 0.29) is 0 Å². The predicted molar refractivity (Wildman–Crippen MR) is 79.6 cm³/mol. The number of hydrogen-bond donors (Lipinski definition) is 1. The Morgan fingerprint density at radius 1 is 1.32 bits per heavy atom. The van der Waals surface area contributed by atoms with Gasteiger partial charge in [0.25, 0.3) is 0 Å². The van der Waals surface area contributed by atoms with Crippen molar-refractivity contribution in [3.05, 3.63) is 29.8 Å². The fourth-order valence-corrected chi connectivity index (χ4v) is 2.54. The minimum Gasteiger partial charge on any atom is -0.494 e. The third kappa shape index (κ3) is 4.51. The van der Waals surface area contributed by atoms with Crippen LogP contribution in [0.3, 0.4) is 0 Å². The van der Waals surface area contributed by atoms with E-state index < -0.39 is 0 Å². The van der Waals surface area contributed by atoms with Crippen LogP contribution in [0, 0.1) is 0 Å². The topological polar surface area (TPSA) is 24.5 Å². The van der Waals surface area contributed by atoms with E-state index in [2.05, 4.69) is 48.5 Å². The van der Waals surface area contributed by atoms with E-state index in [0.29, 0.717) is 6.04 Å². The third-order valence-electron chi connectivity index (χ3n) is 3.72. The van der Waals surface area contributed by atoms with Gasteiger partial charge in [-0.25, -0.2) is 0 Å². The fraction of sp³-hybridized carbons (Fsp3) is 0.625. The Kier molecular flexibility index (Phi) is 5.67. The van der Waals surface area contributed by atoms with Crippen molar-refractivity contribution in [2.24, 2.45) is 0 Å². The molecule has 0 bridgehead atoms. The van der Waals surface area contributed by atoms with Gasteiger partial charge in [0.05, 0.1) is 6.61 Å². The maximum absolute atomic E-state index is 5.61. The first-order chi connectivity index (χ1) is 9.29. The molecule has 1 aromatic carbocycles. The molecule has 0 radical (unpaired) electrons. The van der Waals surface area contributed by atoms with Gasteiger partial charge in [-0.05, 0) is 50.6 Å². The van der Waals surface area contributed by atoms with Crippen molar-refractivity contribution in [2.75, 3.05) is 26.7 Å². The molecule has 3 heteroatoms. The van der Waals surface area contributed by atoms with Gasteiger partial charge in [0.15, 0.2) is 0 Å². The number of nitrogens with one attached hydrogen (secondary N) is 1. The van der Waals surface area contributed by atoms with Gasteiger partial charge in [-0.2, -0.15) is 0 Å². The van der Waals surface area contributed by atoms with Crippen LogP contribution in [-0.4, -0.2) is 37.7 Å². The van der Waals surface area contributed by atoms with E-state index >= 15 is 0 Å². The molecule has 0 saturated carbocycles. The van der Waals surface area contributed by atoms with Crippen LogP contribution in [0.1, 0.15) is 31.7 Å². The molecule has 1 unspecified atom stereocenters. The van der Waals surface area contributed by atoms with Crippen molar-refractivity contribution < 1.29 is 4.74 Å². The van der Waals surface area contributed by atoms with Crippen LogP contribution < -0.4 is 10.1 Å². The predicted octanol–water partition coefficient (Wildman–Crippen LogP) is 2.66. The Bertz CT molecular complexity index is 358. The molecule has 1 aliphatic rings. The summed E-state index contributed by atoms with van der Waals surface area (Å²) in [6.07, 6.45) is 3.65. The largest absolute Gasteiger partial charge is 0.494 e. The monoisotopic (exact) mass is 262 g/mol. The van der Waals surface area contributed by atoms with E-state index in [1.807, 2.05) is 0 Å². The molecule has 1 aliphatic heterocycles. The molecule has 2 rings (SSSR count). The zero-order valence-corrected chi connectivity index (χ0v) is 12.2. The summed E-state index contributed by atoms with van der Waals surface area (Å²) < 4.78 is 5.61. The smallest absolute Gasteiger partial charge is 0.119 e. The third-order valence-corrected chi connectivity index (χ3v) is 3.72. The molecule has 1 N–H and O–H groups in total. The Labute approximate surface area is 116 Å². The second-order valence-electron chi connectivity index (χ2n) is 5.41. The zero-order valence-electron chi connectivity index (χ0n) is 12.2. The van der Waals surface area contributed by atoms with Crippen molar-refractivity contribution >= 4 is 0 Å². The molecule has 0 spiro atoms. The normalized spacial score (nSPS) is 19.6. The Morgan fingerprint density at radius 3 is 2.74 bits per heavy atom. The van der Waals surface area contributed by atoms with Gasteiger partial charge in [-0.1, -0.05) is 19.1 Å². The lowest BCUT2D eigenvalue weighted by molar-refractivity contribution is 0.196. The minimum absolute atomic E-state index is 0.671. The molecule has 1 fully saturated rings. The van der Waals surface area contributed by atoms with Gasteiger partial charge in [0.1, 0.15) is 5.75 Å². The van der Waals surface area contributed by atoms with Gasteiger partial charge >= 0.3 is 0 Å². The van der Waals surface area contributed by atoms with Gasteiger partial charge in [-0.15, -0.1) is 0 Å². The van der Waals surface area contributed by atoms with Gasteiger partial charge in [-0.3, -0.25) is 4.90 Å². The quantitative estimate of drug-likeness (QED) is 0.853. The Morgan fingerprint density at radius 2 is 2.11 bits per heavy atom. The maximum atomic E-state index is 5.61. The van der Waals surface area contributed by atoms with Crippen molar-refractivity contribution in [1.29, 1.82) is 0 Å². The highest BCUT2D eigenvalue weighted by Gasteiger charge is 2.17. The summed E-state index contributed by atoms with van der Waals surface area (Å²) in [4.78, 5) is 2.45. The SMILES string of the molecule is CCCOc1ccc(CN(C)C2CCCNC2)cc1. The summed E-state index contributed by atoms with van der Waals surface area (Å²) in [6.45, 7) is 6.23. The van der Waals surface area contributed by atoms with Crippen molar-refractivity contribution in [3.8, 4) is 5.75 Å². The minimum atomic E-state index is 0.671. The molecule has 3 nitrogen and oxygen atoms in total. The first-order valence-electron chi connectivity index (χ1n) is 7.42. The highest BCUT2D eigenvalue weighted by atomic mass is 16.5. The van der Waals surface area contributed by atoms with Crippen LogP contribution >= 0.6 is 0 Å². The summed E-state index contributed by atoms with van der Waals surface area (Å²) >= 11 is 0. The molecule has 1 heterocycles. The molecule has 1 saturated heterocycles. The average Bonchev–Trinajstić information content (AvgIpc) is 2.47. The van der Waals surface area contributed by atoms with Crippen molar-refractivity contribution in [2.45, 2.75) is 38.8 Å². The van der Waals surface area contributed by atoms with E-state index in [1.54, 1.807) is 0 Å². The summed E-state index contributed by atoms with van der Waals surface area (Å²) in [5.74, 6) is 0.979. The molecular formula is C16H26N2O. The summed E-state index contributed by atoms with van der Waals surface area (Å²) in [5, 5.41) is 3.47. The summed E-state index contributed by atoms with van der Waals surface area (Å²) in [5.41, 5.74) is 1.36. The summed E-state index contributed by atoms with van der Waals surface area (Å²) in [6, 6.07) is 9.19. The van der Waals surface area contributed by atoms with Crippen LogP contribution in [0.5, 0.6) is 5.75 Å². The lowest BCUT2D eigenvalue weighted by atomic mass is 10.1. The van der Waals surface area contributed by atoms with E-state index in [1.165, 1.54) is 24.9 Å². The molecule has 1 aromatic rings. The van der Waals surface area contributed by atoms with E-state index in [4.69, 9.17) is 4.74 Å². The van der Waals surface area contributed by atoms with Gasteiger partial charge in [0, 0.05) is 19.1 Å². The highest BCUT2D eigenvalue weighted by molar-refractivity contribution is 5.27. The number of hydrogen-bond acceptors (Lipinski definition) is 3. The van der Waals surface area contributed by atoms with Crippen LogP contribution in [0.4, 0.5) is 0 Å². The van der Waals surface area contributed by atoms with E-state index in [9.17, 15) is 0 Å². The second-order valence-corrected chi connectivity index (χ2v) is 5.41. The number of benzene rings is 1. The van der Waals surface area contributed by atoms with E-state index in [0.717, 1.165) is 31.9 Å². The molecule has 0 amide bonds. The van der Waals surface area contributed by atoms with Crippen LogP contribution in [0.2, 0.25) is 0 Å². The summed E-state index contributed by atoms with van der Waals surface area (Å²) in [7, 11) is 2.22. The Hall–Kier alpha value is -1.06. The number of ether oxygens (including phenoxy) is 1. The Balaban J connectivity index is 1.84. The number of rotatable bonds is 6. The van der Waals surface area contributed by atoms with Crippen LogP contribution in [-0.2, 0) is 6.54 Å². The zero-order chi connectivity index (χ0) is 13.5. The van der Waals surface area contributed by atoms with Crippen molar-refractivity contribution in [1.82, 2.24) is 10.2 Å². The van der Waals surface area contributed by atoms with Gasteiger partial charge in [0.2, 0.25) is 0 Å². The number of nitrogens with zero attached hydrogens (tertiary/aromatic N) is 1. The molecule has 0 aromatic heterocycles. The molecule has 0 aliphatic carbocycles. The molecule has 1 atom stereocenters. The number of likely N-dealkylation sites (N-methyl/N-ethyl adjacent to an activating group) is 1. The van der Waals surface area contributed by atoms with Gasteiger partial charge < -0.3 is 10.1 Å².